The molecule has 1 saturated heterocycles. The maximum Gasteiger partial charge on any atom is 0.330 e. The standard InChI is InChI=1S/C9H12N2O4/c12-5-6-1-2-8(15-6)11-4-3-7(13)10-9(11)14/h3-4,6,8,12H,1-2,5H2,(H,10,13,14)/t6?,8-/m0/s1. The van der Waals surface area contributed by atoms with E-state index in [0.717, 1.165) is 0 Å². The van der Waals surface area contributed by atoms with Crippen LogP contribution in [0.1, 0.15) is 19.1 Å². The summed E-state index contributed by atoms with van der Waals surface area (Å²) in [6, 6.07) is 1.27. The van der Waals surface area contributed by atoms with Crippen molar-refractivity contribution in [1.29, 1.82) is 0 Å². The Hall–Kier alpha value is -1.40. The Morgan fingerprint density at radius 1 is 1.53 bits per heavy atom. The molecule has 2 rings (SSSR count). The molecule has 0 aliphatic carbocycles. The van der Waals surface area contributed by atoms with E-state index in [9.17, 15) is 9.59 Å². The van der Waals surface area contributed by atoms with Gasteiger partial charge in [0.15, 0.2) is 0 Å². The predicted octanol–water partition coefficient (Wildman–Crippen LogP) is -0.794. The molecule has 0 spiro atoms. The van der Waals surface area contributed by atoms with E-state index in [-0.39, 0.29) is 18.9 Å². The second-order valence-corrected chi connectivity index (χ2v) is 3.49. The van der Waals surface area contributed by atoms with E-state index < -0.39 is 11.2 Å². The first-order valence-corrected chi connectivity index (χ1v) is 4.78. The van der Waals surface area contributed by atoms with Crippen LogP contribution in [-0.4, -0.2) is 27.4 Å². The maximum atomic E-state index is 11.4. The lowest BCUT2D eigenvalue weighted by atomic mass is 10.2. The molecule has 0 radical (unpaired) electrons. The van der Waals surface area contributed by atoms with Crippen molar-refractivity contribution in [2.45, 2.75) is 25.2 Å². The summed E-state index contributed by atoms with van der Waals surface area (Å²) in [6.45, 7) is -0.0470. The molecular formula is C9H12N2O4. The van der Waals surface area contributed by atoms with Gasteiger partial charge in [-0.2, -0.15) is 0 Å². The lowest BCUT2D eigenvalue weighted by Crippen LogP contribution is -2.31. The highest BCUT2D eigenvalue weighted by atomic mass is 16.5. The van der Waals surface area contributed by atoms with Gasteiger partial charge in [-0.3, -0.25) is 14.3 Å². The highest BCUT2D eigenvalue weighted by Crippen LogP contribution is 2.26. The molecule has 1 aromatic heterocycles. The summed E-state index contributed by atoms with van der Waals surface area (Å²) in [5.41, 5.74) is -0.904. The van der Waals surface area contributed by atoms with E-state index in [1.54, 1.807) is 0 Å². The molecule has 1 fully saturated rings. The van der Waals surface area contributed by atoms with Crippen molar-refractivity contribution in [3.63, 3.8) is 0 Å². The number of aliphatic hydroxyl groups is 1. The van der Waals surface area contributed by atoms with E-state index in [1.807, 2.05) is 0 Å². The number of aliphatic hydroxyl groups excluding tert-OH is 1. The number of nitrogens with one attached hydrogen (secondary N) is 1. The molecular weight excluding hydrogens is 200 g/mol. The van der Waals surface area contributed by atoms with Crippen LogP contribution >= 0.6 is 0 Å². The Labute approximate surface area is 85.1 Å². The molecule has 6 heteroatoms. The zero-order valence-corrected chi connectivity index (χ0v) is 8.05. The zero-order chi connectivity index (χ0) is 10.8. The normalized spacial score (nSPS) is 25.7. The number of hydrogen-bond acceptors (Lipinski definition) is 4. The third-order valence-electron chi connectivity index (χ3n) is 2.45. The first-order chi connectivity index (χ1) is 7.20. The Kier molecular flexibility index (Phi) is 2.70. The van der Waals surface area contributed by atoms with Crippen LogP contribution in [0.2, 0.25) is 0 Å². The highest BCUT2D eigenvalue weighted by Gasteiger charge is 2.26. The van der Waals surface area contributed by atoms with Gasteiger partial charge in [-0.1, -0.05) is 0 Å². The summed E-state index contributed by atoms with van der Waals surface area (Å²) in [4.78, 5) is 24.4. The summed E-state index contributed by atoms with van der Waals surface area (Å²) in [7, 11) is 0. The van der Waals surface area contributed by atoms with Crippen LogP contribution in [0, 0.1) is 0 Å². The number of ether oxygens (including phenoxy) is 1. The van der Waals surface area contributed by atoms with E-state index in [0.29, 0.717) is 12.8 Å². The third kappa shape index (κ3) is 2.00. The van der Waals surface area contributed by atoms with E-state index >= 15 is 0 Å². The molecule has 0 bridgehead atoms. The molecule has 1 unspecified atom stereocenters. The molecule has 0 aromatic carbocycles. The largest absolute Gasteiger partial charge is 0.394 e. The molecule has 0 amide bonds. The average Bonchev–Trinajstić information content (AvgIpc) is 2.66. The van der Waals surface area contributed by atoms with Gasteiger partial charge in [-0.15, -0.1) is 0 Å². The fraction of sp³-hybridized carbons (Fsp3) is 0.556. The fourth-order valence-electron chi connectivity index (χ4n) is 1.68. The highest BCUT2D eigenvalue weighted by molar-refractivity contribution is 4.85. The first-order valence-electron chi connectivity index (χ1n) is 4.78. The lowest BCUT2D eigenvalue weighted by molar-refractivity contribution is -0.0246. The molecule has 0 saturated carbocycles. The Bertz CT molecular complexity index is 450. The minimum absolute atomic E-state index is 0.0470. The third-order valence-corrected chi connectivity index (χ3v) is 2.45. The van der Waals surface area contributed by atoms with Crippen LogP contribution in [0.15, 0.2) is 21.9 Å². The minimum Gasteiger partial charge on any atom is -0.394 e. The topological polar surface area (TPSA) is 84.3 Å². The molecule has 1 aliphatic rings. The average molecular weight is 212 g/mol. The number of rotatable bonds is 2. The molecule has 2 atom stereocenters. The van der Waals surface area contributed by atoms with Crippen molar-refractivity contribution in [2.24, 2.45) is 0 Å². The second-order valence-electron chi connectivity index (χ2n) is 3.49. The zero-order valence-electron chi connectivity index (χ0n) is 8.05. The Balaban J connectivity index is 2.24. The van der Waals surface area contributed by atoms with E-state index in [4.69, 9.17) is 9.84 Å². The fourth-order valence-corrected chi connectivity index (χ4v) is 1.68. The summed E-state index contributed by atoms with van der Waals surface area (Å²) >= 11 is 0. The van der Waals surface area contributed by atoms with Crippen LogP contribution in [-0.2, 0) is 4.74 Å². The van der Waals surface area contributed by atoms with Gasteiger partial charge in [0.1, 0.15) is 6.23 Å². The summed E-state index contributed by atoms with van der Waals surface area (Å²) < 4.78 is 6.74. The van der Waals surface area contributed by atoms with Crippen molar-refractivity contribution in [3.05, 3.63) is 33.1 Å². The molecule has 2 N–H and O–H groups in total. The van der Waals surface area contributed by atoms with Gasteiger partial charge in [-0.25, -0.2) is 4.79 Å². The van der Waals surface area contributed by atoms with E-state index in [1.165, 1.54) is 16.8 Å². The molecule has 1 aromatic rings. The van der Waals surface area contributed by atoms with Crippen molar-refractivity contribution in [1.82, 2.24) is 9.55 Å². The molecule has 1 aliphatic heterocycles. The van der Waals surface area contributed by atoms with Gasteiger partial charge in [0.2, 0.25) is 0 Å². The Morgan fingerprint density at radius 2 is 2.33 bits per heavy atom. The summed E-state index contributed by atoms with van der Waals surface area (Å²) in [5, 5.41) is 8.87. The van der Waals surface area contributed by atoms with Crippen LogP contribution < -0.4 is 11.2 Å². The maximum absolute atomic E-state index is 11.4. The van der Waals surface area contributed by atoms with Crippen LogP contribution in [0.3, 0.4) is 0 Å². The van der Waals surface area contributed by atoms with Crippen molar-refractivity contribution >= 4 is 0 Å². The van der Waals surface area contributed by atoms with Gasteiger partial charge in [0, 0.05) is 12.3 Å². The van der Waals surface area contributed by atoms with Crippen molar-refractivity contribution in [3.8, 4) is 0 Å². The summed E-state index contributed by atoms with van der Waals surface area (Å²) in [5.74, 6) is 0. The van der Waals surface area contributed by atoms with Gasteiger partial charge in [0.25, 0.3) is 5.56 Å². The monoisotopic (exact) mass is 212 g/mol. The first kappa shape index (κ1) is 10.1. The van der Waals surface area contributed by atoms with Crippen LogP contribution in [0.25, 0.3) is 0 Å². The minimum atomic E-state index is -0.480. The number of nitrogens with zero attached hydrogens (tertiary/aromatic N) is 1. The molecule has 6 nitrogen and oxygen atoms in total. The lowest BCUT2D eigenvalue weighted by Gasteiger charge is -2.13. The molecule has 2 heterocycles. The van der Waals surface area contributed by atoms with E-state index in [2.05, 4.69) is 4.98 Å². The van der Waals surface area contributed by atoms with Gasteiger partial charge >= 0.3 is 5.69 Å². The Morgan fingerprint density at radius 3 is 2.93 bits per heavy atom. The number of aromatic nitrogens is 2. The quantitative estimate of drug-likeness (QED) is 0.672. The predicted molar refractivity (Wildman–Crippen MR) is 51.6 cm³/mol. The van der Waals surface area contributed by atoms with Gasteiger partial charge in [0.05, 0.1) is 12.7 Å². The molecule has 82 valence electrons. The van der Waals surface area contributed by atoms with Gasteiger partial charge in [-0.05, 0) is 12.8 Å². The number of hydrogen-bond donors (Lipinski definition) is 2. The molecule has 15 heavy (non-hydrogen) atoms. The van der Waals surface area contributed by atoms with Crippen LogP contribution in [0.4, 0.5) is 0 Å². The van der Waals surface area contributed by atoms with Gasteiger partial charge < -0.3 is 9.84 Å². The number of aromatic amines is 1. The number of H-pyrrole nitrogens is 1. The SMILES string of the molecule is O=c1ccn([C@@H]2CCC(CO)O2)c(=O)[nH]1. The van der Waals surface area contributed by atoms with Crippen LogP contribution in [0.5, 0.6) is 0 Å². The van der Waals surface area contributed by atoms with Crippen molar-refractivity contribution < 1.29 is 9.84 Å². The smallest absolute Gasteiger partial charge is 0.330 e. The second kappa shape index (κ2) is 4.00. The van der Waals surface area contributed by atoms with Crippen molar-refractivity contribution in [2.75, 3.05) is 6.61 Å². The summed E-state index contributed by atoms with van der Waals surface area (Å²) in [6.07, 6.45) is 2.19.